The number of hydrogen-bond donors (Lipinski definition) is 3. The first-order chi connectivity index (χ1) is 15.8. The van der Waals surface area contributed by atoms with E-state index in [0.29, 0.717) is 29.7 Å². The fourth-order valence-corrected chi connectivity index (χ4v) is 7.80. The highest BCUT2D eigenvalue weighted by atomic mass is 16.5. The summed E-state index contributed by atoms with van der Waals surface area (Å²) in [4.78, 5) is 14.7. The number of phenolic OH excluding ortho intramolecular Hbond substituents is 1. The first-order valence-corrected chi connectivity index (χ1v) is 12.6. The fraction of sp³-hybridized carbons (Fsp3) is 0.731. The van der Waals surface area contributed by atoms with Gasteiger partial charge in [-0.2, -0.15) is 0 Å². The van der Waals surface area contributed by atoms with Crippen LogP contribution in [0, 0.1) is 17.8 Å². The van der Waals surface area contributed by atoms with Crippen molar-refractivity contribution in [3.05, 3.63) is 23.3 Å². The minimum Gasteiger partial charge on any atom is -0.504 e. The van der Waals surface area contributed by atoms with Gasteiger partial charge in [-0.3, -0.25) is 15.0 Å². The molecule has 1 spiro atoms. The molecule has 2 heterocycles. The van der Waals surface area contributed by atoms with E-state index in [1.807, 2.05) is 21.0 Å². The first kappa shape index (κ1) is 21.7. The second kappa shape index (κ2) is 7.59. The SMILES string of the molecule is COC1CC1CN1CC[C@]23c4c5ccc(O)c4O[C@H]2[C@@H](N[C@@H](C(=O)O)C(C)C)CC[C@H]3[C@H]1C5. The summed E-state index contributed by atoms with van der Waals surface area (Å²) in [5.74, 6) is 1.15. The lowest BCUT2D eigenvalue weighted by Gasteiger charge is -2.60. The molecule has 1 aromatic rings. The van der Waals surface area contributed by atoms with Gasteiger partial charge >= 0.3 is 5.97 Å². The van der Waals surface area contributed by atoms with Crippen LogP contribution in [0.3, 0.4) is 0 Å². The standard InChI is InChI=1S/C26H36N2O5/c1-13(2)22(25(30)31)27-17-6-5-16-18-10-14-4-7-19(29)23-21(14)26(16,24(17)33-23)8-9-28(18)12-15-11-20(15)32-3/h4,7,13,15-18,20,22,24,27,29H,5-6,8-12H2,1-3H3,(H,30,31)/t15?,16-,17-,18+,20?,22+,24-,26-/m0/s1. The number of carbonyl (C=O) groups is 1. The van der Waals surface area contributed by atoms with Crippen LogP contribution in [0.1, 0.15) is 50.7 Å². The van der Waals surface area contributed by atoms with Crippen molar-refractivity contribution in [1.29, 1.82) is 0 Å². The van der Waals surface area contributed by atoms with Gasteiger partial charge in [0.25, 0.3) is 0 Å². The average molecular weight is 457 g/mol. The van der Waals surface area contributed by atoms with Gasteiger partial charge in [0.15, 0.2) is 11.5 Å². The topological polar surface area (TPSA) is 91.3 Å². The zero-order valence-corrected chi connectivity index (χ0v) is 19.8. The van der Waals surface area contributed by atoms with Gasteiger partial charge < -0.3 is 19.7 Å². The Balaban J connectivity index is 1.36. The van der Waals surface area contributed by atoms with E-state index in [1.165, 1.54) is 11.1 Å². The molecule has 3 aliphatic carbocycles. The van der Waals surface area contributed by atoms with Gasteiger partial charge in [-0.15, -0.1) is 0 Å². The minimum absolute atomic E-state index is 0.0151. The number of ether oxygens (including phenoxy) is 2. The van der Waals surface area contributed by atoms with Crippen LogP contribution in [0.15, 0.2) is 12.1 Å². The van der Waals surface area contributed by atoms with Gasteiger partial charge in [-0.05, 0) is 62.1 Å². The number of hydrogen-bond acceptors (Lipinski definition) is 6. The molecule has 1 aromatic carbocycles. The van der Waals surface area contributed by atoms with Crippen LogP contribution in [0.5, 0.6) is 11.5 Å². The largest absolute Gasteiger partial charge is 0.504 e. The molecule has 0 radical (unpaired) electrons. The van der Waals surface area contributed by atoms with E-state index in [-0.39, 0.29) is 29.2 Å². The number of rotatable bonds is 7. The molecule has 0 aromatic heterocycles. The average Bonchev–Trinajstić information content (AvgIpc) is 3.44. The van der Waals surface area contributed by atoms with Crippen molar-refractivity contribution >= 4 is 5.97 Å². The number of aromatic hydroxyl groups is 1. The Morgan fingerprint density at radius 3 is 2.88 bits per heavy atom. The van der Waals surface area contributed by atoms with Crippen molar-refractivity contribution in [2.24, 2.45) is 17.8 Å². The smallest absolute Gasteiger partial charge is 0.320 e. The van der Waals surface area contributed by atoms with E-state index in [0.717, 1.165) is 45.2 Å². The van der Waals surface area contributed by atoms with Crippen molar-refractivity contribution in [3.63, 3.8) is 0 Å². The molecule has 0 amide bonds. The fourth-order valence-electron chi connectivity index (χ4n) is 7.80. The quantitative estimate of drug-likeness (QED) is 0.581. The van der Waals surface area contributed by atoms with Crippen LogP contribution in [-0.4, -0.2) is 71.6 Å². The second-order valence-electron chi connectivity index (χ2n) is 11.3. The molecule has 2 aliphatic heterocycles. The molecule has 7 nitrogen and oxygen atoms in total. The van der Waals surface area contributed by atoms with Gasteiger partial charge in [0.2, 0.25) is 0 Å². The summed E-state index contributed by atoms with van der Waals surface area (Å²) in [5, 5.41) is 24.0. The molecular formula is C26H36N2O5. The maximum atomic E-state index is 12.0. The molecule has 1 saturated heterocycles. The Morgan fingerprint density at radius 2 is 2.18 bits per heavy atom. The van der Waals surface area contributed by atoms with E-state index < -0.39 is 12.0 Å². The number of benzene rings is 1. The number of phenols is 1. The van der Waals surface area contributed by atoms with E-state index in [9.17, 15) is 15.0 Å². The summed E-state index contributed by atoms with van der Waals surface area (Å²) in [7, 11) is 1.82. The summed E-state index contributed by atoms with van der Waals surface area (Å²) in [5.41, 5.74) is 2.37. The highest BCUT2D eigenvalue weighted by Gasteiger charge is 2.66. The van der Waals surface area contributed by atoms with Crippen molar-refractivity contribution < 1.29 is 24.5 Å². The summed E-state index contributed by atoms with van der Waals surface area (Å²) >= 11 is 0. The lowest BCUT2D eigenvalue weighted by molar-refractivity contribution is -0.141. The van der Waals surface area contributed by atoms with Crippen molar-refractivity contribution in [1.82, 2.24) is 10.2 Å². The molecule has 3 fully saturated rings. The number of piperidine rings is 1. The number of likely N-dealkylation sites (tertiary alicyclic amines) is 1. The van der Waals surface area contributed by atoms with Gasteiger partial charge in [0, 0.05) is 42.6 Å². The number of nitrogens with zero attached hydrogens (tertiary/aromatic N) is 1. The third-order valence-electron chi connectivity index (χ3n) is 9.39. The number of aliphatic carboxylic acids is 1. The first-order valence-electron chi connectivity index (χ1n) is 12.6. The number of carboxylic acids is 1. The Kier molecular flexibility index (Phi) is 4.99. The highest BCUT2D eigenvalue weighted by molar-refractivity contribution is 5.74. The van der Waals surface area contributed by atoms with Gasteiger partial charge in [0.05, 0.1) is 6.10 Å². The zero-order chi connectivity index (χ0) is 23.1. The minimum atomic E-state index is -0.808. The summed E-state index contributed by atoms with van der Waals surface area (Å²) in [6, 6.07) is 3.68. The van der Waals surface area contributed by atoms with E-state index in [2.05, 4.69) is 16.3 Å². The number of methoxy groups -OCH3 is 1. The highest BCUT2D eigenvalue weighted by Crippen LogP contribution is 2.64. The Morgan fingerprint density at radius 1 is 1.36 bits per heavy atom. The van der Waals surface area contributed by atoms with Crippen LogP contribution >= 0.6 is 0 Å². The summed E-state index contributed by atoms with van der Waals surface area (Å²) < 4.78 is 12.2. The number of carboxylic acid groups (broad SMARTS) is 1. The van der Waals surface area contributed by atoms with Crippen LogP contribution in [-0.2, 0) is 21.4 Å². The molecule has 180 valence electrons. The van der Waals surface area contributed by atoms with Crippen LogP contribution < -0.4 is 10.1 Å². The van der Waals surface area contributed by atoms with Crippen molar-refractivity contribution in [2.45, 2.75) is 81.7 Å². The monoisotopic (exact) mass is 456 g/mol. The van der Waals surface area contributed by atoms with E-state index in [1.54, 1.807) is 6.07 Å². The van der Waals surface area contributed by atoms with Gasteiger partial charge in [0.1, 0.15) is 12.1 Å². The summed E-state index contributed by atoms with van der Waals surface area (Å²) in [6.45, 7) is 6.01. The molecule has 8 atom stereocenters. The maximum Gasteiger partial charge on any atom is 0.320 e. The zero-order valence-electron chi connectivity index (χ0n) is 19.8. The predicted octanol–water partition coefficient (Wildman–Crippen LogP) is 2.53. The molecule has 7 heteroatoms. The Hall–Kier alpha value is -1.83. The summed E-state index contributed by atoms with van der Waals surface area (Å²) in [6.07, 6.45) is 5.36. The van der Waals surface area contributed by atoms with E-state index >= 15 is 0 Å². The molecule has 2 bridgehead atoms. The number of nitrogens with one attached hydrogen (secondary N) is 1. The predicted molar refractivity (Wildman–Crippen MR) is 123 cm³/mol. The molecule has 2 unspecified atom stereocenters. The molecule has 2 saturated carbocycles. The normalized spacial score (nSPS) is 39.2. The molecule has 5 aliphatic rings. The molecule has 33 heavy (non-hydrogen) atoms. The van der Waals surface area contributed by atoms with Crippen LogP contribution in [0.4, 0.5) is 0 Å². The Labute approximate surface area is 195 Å². The Bertz CT molecular complexity index is 966. The maximum absolute atomic E-state index is 12.0. The van der Waals surface area contributed by atoms with Gasteiger partial charge in [-0.25, -0.2) is 0 Å². The lowest BCUT2D eigenvalue weighted by atomic mass is 9.51. The molecule has 3 N–H and O–H groups in total. The van der Waals surface area contributed by atoms with Crippen molar-refractivity contribution in [2.75, 3.05) is 20.2 Å². The lowest BCUT2D eigenvalue weighted by Crippen LogP contribution is -2.69. The van der Waals surface area contributed by atoms with Gasteiger partial charge in [-0.1, -0.05) is 19.9 Å². The van der Waals surface area contributed by atoms with E-state index in [4.69, 9.17) is 9.47 Å². The van der Waals surface area contributed by atoms with Crippen LogP contribution in [0.25, 0.3) is 0 Å². The van der Waals surface area contributed by atoms with Crippen molar-refractivity contribution in [3.8, 4) is 11.5 Å². The molecular weight excluding hydrogens is 420 g/mol. The molecule has 6 rings (SSSR count). The third kappa shape index (κ3) is 3.08. The van der Waals surface area contributed by atoms with Crippen LogP contribution in [0.2, 0.25) is 0 Å². The second-order valence-corrected chi connectivity index (χ2v) is 11.3. The third-order valence-corrected chi connectivity index (χ3v) is 9.39.